The number of nitriles is 1. The molecule has 0 radical (unpaired) electrons. The maximum Gasteiger partial charge on any atom is 0.325 e. The van der Waals surface area contributed by atoms with E-state index in [0.717, 1.165) is 16.5 Å². The van der Waals surface area contributed by atoms with Crippen molar-refractivity contribution in [3.63, 3.8) is 0 Å². The second-order valence-corrected chi connectivity index (χ2v) is 5.52. The van der Waals surface area contributed by atoms with Crippen molar-refractivity contribution in [3.8, 4) is 17.2 Å². The summed E-state index contributed by atoms with van der Waals surface area (Å²) in [4.78, 5) is 21.1. The molecule has 4 rings (SSSR count). The molecule has 5 nitrogen and oxygen atoms in total. The number of benzene rings is 2. The molecule has 0 spiro atoms. The van der Waals surface area contributed by atoms with Gasteiger partial charge in [0.25, 0.3) is 0 Å². The van der Waals surface area contributed by atoms with Crippen LogP contribution in [-0.4, -0.2) is 15.0 Å². The Kier molecular flexibility index (Phi) is 2.93. The summed E-state index contributed by atoms with van der Waals surface area (Å²) in [6.45, 7) is 0. The molecule has 0 aliphatic carbocycles. The zero-order chi connectivity index (χ0) is 16.0. The lowest BCUT2D eigenvalue weighted by molar-refractivity contribution is 1.20. The number of halogens is 1. The van der Waals surface area contributed by atoms with E-state index in [0.29, 0.717) is 27.3 Å². The number of nitrogens with one attached hydrogen (secondary N) is 2. The molecule has 4 aromatic rings. The summed E-state index contributed by atoms with van der Waals surface area (Å²) in [5.74, 6) is 0. The van der Waals surface area contributed by atoms with Crippen LogP contribution in [-0.2, 0) is 0 Å². The van der Waals surface area contributed by atoms with Crippen molar-refractivity contribution in [1.82, 2.24) is 15.0 Å². The Morgan fingerprint density at radius 1 is 1.09 bits per heavy atom. The smallest absolute Gasteiger partial charge is 0.304 e. The highest BCUT2D eigenvalue weighted by Crippen LogP contribution is 2.34. The lowest BCUT2D eigenvalue weighted by atomic mass is 10.0. The van der Waals surface area contributed by atoms with Crippen LogP contribution in [0.25, 0.3) is 33.2 Å². The Morgan fingerprint density at radius 2 is 1.87 bits per heavy atom. The van der Waals surface area contributed by atoms with E-state index in [-0.39, 0.29) is 5.69 Å². The SMILES string of the molecule is N#Cc1ccc(-c2ccc3nc4[nH]c(=O)[nH]c4cc3c2Cl)cc1. The first-order valence-electron chi connectivity index (χ1n) is 6.87. The standard InChI is InChI=1S/C17H9ClN4O/c18-15-11(10-3-1-9(8-19)2-4-10)5-6-13-12(15)7-14-16(20-13)22-17(23)21-14/h1-7H,(H2,20,21,22,23). The first-order chi connectivity index (χ1) is 11.2. The second kappa shape index (κ2) is 4.97. The fraction of sp³-hybridized carbons (Fsp3) is 0. The van der Waals surface area contributed by atoms with Gasteiger partial charge < -0.3 is 4.98 Å². The molecule has 6 heteroatoms. The van der Waals surface area contributed by atoms with E-state index in [1.165, 1.54) is 0 Å². The quantitative estimate of drug-likeness (QED) is 0.562. The number of aromatic nitrogens is 3. The summed E-state index contributed by atoms with van der Waals surface area (Å²) < 4.78 is 0. The van der Waals surface area contributed by atoms with Crippen molar-refractivity contribution >= 4 is 33.7 Å². The monoisotopic (exact) mass is 320 g/mol. The van der Waals surface area contributed by atoms with Crippen molar-refractivity contribution in [1.29, 1.82) is 5.26 Å². The number of rotatable bonds is 1. The van der Waals surface area contributed by atoms with Crippen molar-refractivity contribution in [2.75, 3.05) is 0 Å². The predicted octanol–water partition coefficient (Wildman–Crippen LogP) is 3.60. The van der Waals surface area contributed by atoms with Crippen LogP contribution in [0.4, 0.5) is 0 Å². The molecule has 0 aliphatic rings. The molecule has 0 unspecified atom stereocenters. The normalized spacial score (nSPS) is 11.0. The molecule has 0 saturated heterocycles. The highest BCUT2D eigenvalue weighted by atomic mass is 35.5. The minimum Gasteiger partial charge on any atom is -0.304 e. The molecular weight excluding hydrogens is 312 g/mol. The number of hydrogen-bond donors (Lipinski definition) is 2. The van der Waals surface area contributed by atoms with Crippen molar-refractivity contribution in [3.05, 3.63) is 63.5 Å². The summed E-state index contributed by atoms with van der Waals surface area (Å²) in [6, 6.07) is 14.9. The summed E-state index contributed by atoms with van der Waals surface area (Å²) in [5.41, 5.74) is 3.88. The second-order valence-electron chi connectivity index (χ2n) is 5.15. The van der Waals surface area contributed by atoms with E-state index in [4.69, 9.17) is 16.9 Å². The molecule has 110 valence electrons. The average Bonchev–Trinajstić information content (AvgIpc) is 2.93. The van der Waals surface area contributed by atoms with Crippen LogP contribution < -0.4 is 5.69 Å². The minimum atomic E-state index is -0.300. The maximum absolute atomic E-state index is 11.4. The minimum absolute atomic E-state index is 0.300. The van der Waals surface area contributed by atoms with Gasteiger partial charge >= 0.3 is 5.69 Å². The van der Waals surface area contributed by atoms with Gasteiger partial charge in [0.15, 0.2) is 5.65 Å². The Bertz CT molecular complexity index is 1150. The molecule has 23 heavy (non-hydrogen) atoms. The number of nitrogens with zero attached hydrogens (tertiary/aromatic N) is 2. The topological polar surface area (TPSA) is 85.3 Å². The van der Waals surface area contributed by atoms with E-state index in [9.17, 15) is 4.79 Å². The van der Waals surface area contributed by atoms with Gasteiger partial charge in [0.2, 0.25) is 0 Å². The van der Waals surface area contributed by atoms with Crippen LogP contribution in [0.2, 0.25) is 5.02 Å². The van der Waals surface area contributed by atoms with Gasteiger partial charge in [-0.25, -0.2) is 9.78 Å². The van der Waals surface area contributed by atoms with Crippen molar-refractivity contribution in [2.24, 2.45) is 0 Å². The third kappa shape index (κ3) is 2.17. The van der Waals surface area contributed by atoms with Crippen LogP contribution >= 0.6 is 11.6 Å². The molecular formula is C17H9ClN4O. The van der Waals surface area contributed by atoms with E-state index >= 15 is 0 Å². The molecule has 2 N–H and O–H groups in total. The first-order valence-corrected chi connectivity index (χ1v) is 7.25. The fourth-order valence-corrected chi connectivity index (χ4v) is 2.93. The molecule has 0 fully saturated rings. The summed E-state index contributed by atoms with van der Waals surface area (Å²) in [5, 5.41) is 10.2. The van der Waals surface area contributed by atoms with Crippen LogP contribution in [0.15, 0.2) is 47.3 Å². The summed E-state index contributed by atoms with van der Waals surface area (Å²) in [7, 11) is 0. The average molecular weight is 321 g/mol. The van der Waals surface area contributed by atoms with Gasteiger partial charge in [0.05, 0.1) is 27.7 Å². The first kappa shape index (κ1) is 13.6. The van der Waals surface area contributed by atoms with Gasteiger partial charge in [0.1, 0.15) is 0 Å². The largest absolute Gasteiger partial charge is 0.325 e. The van der Waals surface area contributed by atoms with Gasteiger partial charge in [-0.05, 0) is 29.8 Å². The maximum atomic E-state index is 11.4. The van der Waals surface area contributed by atoms with Gasteiger partial charge in [-0.3, -0.25) is 4.98 Å². The highest BCUT2D eigenvalue weighted by molar-refractivity contribution is 6.38. The van der Waals surface area contributed by atoms with E-state index in [1.54, 1.807) is 12.1 Å². The number of pyridine rings is 1. The Hall–Kier alpha value is -3.10. The third-order valence-corrected chi connectivity index (χ3v) is 4.15. The number of imidazole rings is 1. The van der Waals surface area contributed by atoms with Crippen molar-refractivity contribution in [2.45, 2.75) is 0 Å². The Labute approximate surface area is 135 Å². The zero-order valence-corrected chi connectivity index (χ0v) is 12.5. The zero-order valence-electron chi connectivity index (χ0n) is 11.7. The molecule has 2 heterocycles. The Balaban J connectivity index is 1.97. The van der Waals surface area contributed by atoms with Gasteiger partial charge in [0, 0.05) is 10.9 Å². The lowest BCUT2D eigenvalue weighted by Crippen LogP contribution is -1.99. The van der Waals surface area contributed by atoms with Gasteiger partial charge in [-0.1, -0.05) is 29.8 Å². The van der Waals surface area contributed by atoms with E-state index in [1.807, 2.05) is 30.3 Å². The summed E-state index contributed by atoms with van der Waals surface area (Å²) in [6.07, 6.45) is 0. The molecule has 0 atom stereocenters. The molecule has 2 aromatic heterocycles. The molecule has 0 bridgehead atoms. The van der Waals surface area contributed by atoms with Crippen molar-refractivity contribution < 1.29 is 0 Å². The fourth-order valence-electron chi connectivity index (χ4n) is 2.61. The number of fused-ring (bicyclic) bond motifs is 2. The molecule has 0 aliphatic heterocycles. The highest BCUT2D eigenvalue weighted by Gasteiger charge is 2.11. The molecule has 0 saturated carbocycles. The number of hydrogen-bond acceptors (Lipinski definition) is 3. The Morgan fingerprint density at radius 3 is 2.61 bits per heavy atom. The van der Waals surface area contributed by atoms with Crippen LogP contribution in [0, 0.1) is 11.3 Å². The third-order valence-electron chi connectivity index (χ3n) is 3.74. The predicted molar refractivity (Wildman–Crippen MR) is 89.4 cm³/mol. The van der Waals surface area contributed by atoms with Crippen LogP contribution in [0.3, 0.4) is 0 Å². The summed E-state index contributed by atoms with van der Waals surface area (Å²) >= 11 is 6.55. The van der Waals surface area contributed by atoms with Crippen LogP contribution in [0.1, 0.15) is 5.56 Å². The number of aromatic amines is 2. The van der Waals surface area contributed by atoms with Gasteiger partial charge in [-0.2, -0.15) is 5.26 Å². The van der Waals surface area contributed by atoms with Gasteiger partial charge in [-0.15, -0.1) is 0 Å². The lowest BCUT2D eigenvalue weighted by Gasteiger charge is -2.08. The molecule has 2 aromatic carbocycles. The molecule has 0 amide bonds. The number of H-pyrrole nitrogens is 2. The van der Waals surface area contributed by atoms with Crippen LogP contribution in [0.5, 0.6) is 0 Å². The van der Waals surface area contributed by atoms with E-state index < -0.39 is 0 Å². The van der Waals surface area contributed by atoms with E-state index in [2.05, 4.69) is 21.0 Å².